The number of nitrogens with one attached hydrogen (secondary N) is 1. The van der Waals surface area contributed by atoms with Crippen molar-refractivity contribution in [3.63, 3.8) is 0 Å². The minimum Gasteiger partial charge on any atom is -0.458 e. The largest absolute Gasteiger partial charge is 0.458 e. The van der Waals surface area contributed by atoms with Crippen molar-refractivity contribution in [2.45, 2.75) is 58.3 Å². The van der Waals surface area contributed by atoms with Crippen LogP contribution in [0.3, 0.4) is 0 Å². The number of rotatable bonds is 9. The Balaban J connectivity index is 2.56. The highest BCUT2D eigenvalue weighted by Gasteiger charge is 2.26. The first kappa shape index (κ1) is 21.3. The zero-order valence-electron chi connectivity index (χ0n) is 15.5. The molecule has 0 aliphatic rings. The number of alkyl carbamates (subject to hydrolysis) is 1. The minimum absolute atomic E-state index is 0.116. The molecule has 142 valence electrons. The number of azide groups is 1. The molecular weight excluding hydrogens is 336 g/mol. The standard InChI is InChI=1S/C18H26N4O4/c1-18(2,3)26-16(23)15(11-7-8-12-20-22-19)21-17(24)25-13-14-9-5-4-6-10-14/h4-6,9-10,15H,7-8,11-13H2,1-3H3,(H,21,24)/t15-/m0/s1. The van der Waals surface area contributed by atoms with Crippen LogP contribution in [0, 0.1) is 0 Å². The molecule has 0 fully saturated rings. The maximum absolute atomic E-state index is 12.3. The Kier molecular flexibility index (Phi) is 9.01. The van der Waals surface area contributed by atoms with E-state index in [9.17, 15) is 9.59 Å². The van der Waals surface area contributed by atoms with Crippen molar-refractivity contribution >= 4 is 12.1 Å². The van der Waals surface area contributed by atoms with E-state index in [0.29, 0.717) is 25.8 Å². The lowest BCUT2D eigenvalue weighted by Crippen LogP contribution is -2.44. The van der Waals surface area contributed by atoms with Gasteiger partial charge in [-0.15, -0.1) is 0 Å². The van der Waals surface area contributed by atoms with Crippen LogP contribution in [0.4, 0.5) is 4.79 Å². The molecule has 1 atom stereocenters. The van der Waals surface area contributed by atoms with Crippen LogP contribution in [-0.4, -0.2) is 30.3 Å². The van der Waals surface area contributed by atoms with Crippen LogP contribution in [0.15, 0.2) is 35.4 Å². The Bertz CT molecular complexity index is 622. The molecule has 1 rings (SSSR count). The number of carbonyl (C=O) groups is 2. The van der Waals surface area contributed by atoms with Gasteiger partial charge in [0.15, 0.2) is 0 Å². The van der Waals surface area contributed by atoms with Crippen LogP contribution in [0.2, 0.25) is 0 Å². The lowest BCUT2D eigenvalue weighted by Gasteiger charge is -2.24. The van der Waals surface area contributed by atoms with Crippen molar-refractivity contribution in [2.24, 2.45) is 5.11 Å². The molecule has 0 aliphatic carbocycles. The van der Waals surface area contributed by atoms with Gasteiger partial charge in [-0.3, -0.25) is 0 Å². The maximum atomic E-state index is 12.3. The van der Waals surface area contributed by atoms with Gasteiger partial charge in [-0.05, 0) is 44.7 Å². The molecule has 0 spiro atoms. The van der Waals surface area contributed by atoms with E-state index in [1.165, 1.54) is 0 Å². The third-order valence-corrected chi connectivity index (χ3v) is 3.26. The summed E-state index contributed by atoms with van der Waals surface area (Å²) in [6, 6.07) is 8.44. The van der Waals surface area contributed by atoms with E-state index in [-0.39, 0.29) is 6.61 Å². The number of nitrogens with zero attached hydrogens (tertiary/aromatic N) is 3. The third kappa shape index (κ3) is 9.54. The van der Waals surface area contributed by atoms with E-state index in [1.54, 1.807) is 20.8 Å². The Hall–Kier alpha value is -2.73. The van der Waals surface area contributed by atoms with Gasteiger partial charge in [-0.25, -0.2) is 9.59 Å². The average molecular weight is 362 g/mol. The first-order valence-corrected chi connectivity index (χ1v) is 8.53. The molecule has 0 aromatic heterocycles. The molecule has 0 bridgehead atoms. The summed E-state index contributed by atoms with van der Waals surface area (Å²) in [6.45, 7) is 5.74. The Morgan fingerprint density at radius 3 is 2.54 bits per heavy atom. The molecular formula is C18H26N4O4. The number of ether oxygens (including phenoxy) is 2. The second-order valence-electron chi connectivity index (χ2n) is 6.74. The summed E-state index contributed by atoms with van der Waals surface area (Å²) >= 11 is 0. The van der Waals surface area contributed by atoms with E-state index in [0.717, 1.165) is 5.56 Å². The summed E-state index contributed by atoms with van der Waals surface area (Å²) in [5, 5.41) is 6.01. The number of hydrogen-bond donors (Lipinski definition) is 1. The summed E-state index contributed by atoms with van der Waals surface area (Å²) in [7, 11) is 0. The summed E-state index contributed by atoms with van der Waals surface area (Å²) in [5.41, 5.74) is 8.47. The van der Waals surface area contributed by atoms with Gasteiger partial charge >= 0.3 is 12.1 Å². The van der Waals surface area contributed by atoms with Gasteiger partial charge in [-0.2, -0.15) is 0 Å². The lowest BCUT2D eigenvalue weighted by atomic mass is 10.1. The van der Waals surface area contributed by atoms with Crippen molar-refractivity contribution in [2.75, 3.05) is 6.54 Å². The van der Waals surface area contributed by atoms with Gasteiger partial charge in [0.1, 0.15) is 18.2 Å². The van der Waals surface area contributed by atoms with E-state index < -0.39 is 23.7 Å². The molecule has 0 heterocycles. The van der Waals surface area contributed by atoms with Crippen molar-refractivity contribution < 1.29 is 19.1 Å². The predicted octanol–water partition coefficient (Wildman–Crippen LogP) is 4.10. The fourth-order valence-electron chi connectivity index (χ4n) is 2.10. The maximum Gasteiger partial charge on any atom is 0.408 e. The third-order valence-electron chi connectivity index (χ3n) is 3.26. The van der Waals surface area contributed by atoms with Gasteiger partial charge in [0.25, 0.3) is 0 Å². The minimum atomic E-state index is -0.816. The zero-order chi connectivity index (χ0) is 19.4. The van der Waals surface area contributed by atoms with Gasteiger partial charge < -0.3 is 14.8 Å². The zero-order valence-corrected chi connectivity index (χ0v) is 15.5. The molecule has 0 unspecified atom stereocenters. The summed E-state index contributed by atoms with van der Waals surface area (Å²) < 4.78 is 10.5. The number of hydrogen-bond acceptors (Lipinski definition) is 5. The van der Waals surface area contributed by atoms with Crippen LogP contribution in [-0.2, 0) is 20.9 Å². The van der Waals surface area contributed by atoms with E-state index in [4.69, 9.17) is 15.0 Å². The van der Waals surface area contributed by atoms with Gasteiger partial charge in [0, 0.05) is 11.5 Å². The van der Waals surface area contributed by atoms with Crippen molar-refractivity contribution in [1.82, 2.24) is 5.32 Å². The molecule has 1 amide bonds. The molecule has 0 saturated heterocycles. The topological polar surface area (TPSA) is 113 Å². The number of esters is 1. The van der Waals surface area contributed by atoms with Gasteiger partial charge in [-0.1, -0.05) is 41.9 Å². The van der Waals surface area contributed by atoms with E-state index in [2.05, 4.69) is 15.3 Å². The Morgan fingerprint density at radius 1 is 1.23 bits per heavy atom. The molecule has 0 saturated carbocycles. The molecule has 0 radical (unpaired) electrons. The number of amides is 1. The highest BCUT2D eigenvalue weighted by Crippen LogP contribution is 2.12. The first-order valence-electron chi connectivity index (χ1n) is 8.53. The van der Waals surface area contributed by atoms with Crippen molar-refractivity contribution in [1.29, 1.82) is 0 Å². The fraction of sp³-hybridized carbons (Fsp3) is 0.556. The van der Waals surface area contributed by atoms with Crippen LogP contribution in [0.5, 0.6) is 0 Å². The van der Waals surface area contributed by atoms with Crippen molar-refractivity contribution in [3.8, 4) is 0 Å². The Morgan fingerprint density at radius 2 is 1.92 bits per heavy atom. The first-order chi connectivity index (χ1) is 12.3. The molecule has 8 heteroatoms. The second kappa shape index (κ2) is 11.0. The van der Waals surface area contributed by atoms with Crippen molar-refractivity contribution in [3.05, 3.63) is 46.3 Å². The molecule has 0 aliphatic heterocycles. The highest BCUT2D eigenvalue weighted by molar-refractivity contribution is 5.81. The fourth-order valence-corrected chi connectivity index (χ4v) is 2.10. The van der Waals surface area contributed by atoms with Crippen LogP contribution in [0.1, 0.15) is 45.6 Å². The number of carbonyl (C=O) groups excluding carboxylic acids is 2. The average Bonchev–Trinajstić information content (AvgIpc) is 2.58. The molecule has 26 heavy (non-hydrogen) atoms. The monoisotopic (exact) mass is 362 g/mol. The molecule has 8 nitrogen and oxygen atoms in total. The lowest BCUT2D eigenvalue weighted by molar-refractivity contribution is -0.157. The summed E-state index contributed by atoms with van der Waals surface area (Å²) in [4.78, 5) is 27.0. The van der Waals surface area contributed by atoms with Gasteiger partial charge in [0.2, 0.25) is 0 Å². The van der Waals surface area contributed by atoms with E-state index >= 15 is 0 Å². The summed E-state index contributed by atoms with van der Waals surface area (Å²) in [6.07, 6.45) is 0.905. The SMILES string of the molecule is CC(C)(C)OC(=O)[C@H](CCCCN=[N+]=[N-])NC(=O)OCc1ccccc1. The normalized spacial score (nSPS) is 11.8. The molecule has 1 N–H and O–H groups in total. The van der Waals surface area contributed by atoms with Crippen LogP contribution in [0.25, 0.3) is 10.4 Å². The number of benzene rings is 1. The highest BCUT2D eigenvalue weighted by atomic mass is 16.6. The predicted molar refractivity (Wildman–Crippen MR) is 97.3 cm³/mol. The van der Waals surface area contributed by atoms with Crippen LogP contribution < -0.4 is 5.32 Å². The van der Waals surface area contributed by atoms with E-state index in [1.807, 2.05) is 30.3 Å². The Labute approximate surface area is 153 Å². The second-order valence-corrected chi connectivity index (χ2v) is 6.74. The number of unbranched alkanes of at least 4 members (excludes halogenated alkanes) is 1. The van der Waals surface area contributed by atoms with Crippen LogP contribution >= 0.6 is 0 Å². The van der Waals surface area contributed by atoms with Gasteiger partial charge in [0.05, 0.1) is 0 Å². The quantitative estimate of drug-likeness (QED) is 0.234. The molecule has 1 aromatic carbocycles. The summed E-state index contributed by atoms with van der Waals surface area (Å²) in [5.74, 6) is -0.516. The molecule has 1 aromatic rings. The smallest absolute Gasteiger partial charge is 0.408 e.